The Kier molecular flexibility index (Phi) is 3.86. The SMILES string of the molecule is CC1(C)[C@@H](C(=O)[O-])N2C(=O)[C@H](NC(=O)Cc3ccccc3)[C@H]2S1(=O)=O. The average molecular weight is 365 g/mol. The molecule has 2 aliphatic heterocycles. The summed E-state index contributed by atoms with van der Waals surface area (Å²) in [6, 6.07) is 5.93. The number of hydrogen-bond donors (Lipinski definition) is 1. The van der Waals surface area contributed by atoms with E-state index in [9.17, 15) is 27.9 Å². The van der Waals surface area contributed by atoms with E-state index in [2.05, 4.69) is 5.32 Å². The molecule has 9 heteroatoms. The number of aliphatic carboxylic acids is 1. The molecule has 0 spiro atoms. The van der Waals surface area contributed by atoms with Gasteiger partial charge in [-0.1, -0.05) is 30.3 Å². The number of carboxylic acids is 1. The Morgan fingerprint density at radius 1 is 1.24 bits per heavy atom. The zero-order chi connectivity index (χ0) is 18.6. The summed E-state index contributed by atoms with van der Waals surface area (Å²) in [5, 5.41) is 12.4. The van der Waals surface area contributed by atoms with Crippen LogP contribution in [0.25, 0.3) is 0 Å². The fourth-order valence-electron chi connectivity index (χ4n) is 3.43. The van der Waals surface area contributed by atoms with E-state index in [1.165, 1.54) is 13.8 Å². The van der Waals surface area contributed by atoms with Crippen molar-refractivity contribution in [2.24, 2.45) is 0 Å². The van der Waals surface area contributed by atoms with Gasteiger partial charge in [0.15, 0.2) is 15.2 Å². The first-order chi connectivity index (χ1) is 11.6. The van der Waals surface area contributed by atoms with E-state index in [0.29, 0.717) is 5.56 Å². The highest BCUT2D eigenvalue weighted by atomic mass is 32.2. The number of carbonyl (C=O) groups excluding carboxylic acids is 3. The summed E-state index contributed by atoms with van der Waals surface area (Å²) in [5.41, 5.74) is 0.714. The molecule has 2 aliphatic rings. The van der Waals surface area contributed by atoms with E-state index in [1.807, 2.05) is 0 Å². The van der Waals surface area contributed by atoms with E-state index >= 15 is 0 Å². The summed E-state index contributed by atoms with van der Waals surface area (Å²) in [6.45, 7) is 2.49. The van der Waals surface area contributed by atoms with Gasteiger partial charge in [0.05, 0.1) is 23.2 Å². The maximum absolute atomic E-state index is 12.7. The monoisotopic (exact) mass is 365 g/mol. The quantitative estimate of drug-likeness (QED) is 0.629. The van der Waals surface area contributed by atoms with Crippen molar-refractivity contribution in [3.05, 3.63) is 35.9 Å². The van der Waals surface area contributed by atoms with Crippen molar-refractivity contribution in [1.29, 1.82) is 0 Å². The van der Waals surface area contributed by atoms with E-state index in [-0.39, 0.29) is 6.42 Å². The molecule has 0 aromatic heterocycles. The number of β-lactam (4-membered cyclic amide) rings is 1. The summed E-state index contributed by atoms with van der Waals surface area (Å²) in [4.78, 5) is 36.6. The van der Waals surface area contributed by atoms with Crippen molar-refractivity contribution in [3.63, 3.8) is 0 Å². The number of benzene rings is 1. The third-order valence-corrected chi connectivity index (χ3v) is 7.64. The van der Waals surface area contributed by atoms with Crippen molar-refractivity contribution in [1.82, 2.24) is 10.2 Å². The van der Waals surface area contributed by atoms with E-state index in [4.69, 9.17) is 0 Å². The van der Waals surface area contributed by atoms with Gasteiger partial charge >= 0.3 is 0 Å². The Morgan fingerprint density at radius 2 is 1.84 bits per heavy atom. The van der Waals surface area contributed by atoms with Gasteiger partial charge in [-0.15, -0.1) is 0 Å². The highest BCUT2D eigenvalue weighted by Crippen LogP contribution is 2.45. The van der Waals surface area contributed by atoms with Crippen molar-refractivity contribution in [2.45, 2.75) is 42.5 Å². The lowest BCUT2D eigenvalue weighted by molar-refractivity contribution is -0.312. The second-order valence-corrected chi connectivity index (χ2v) is 9.34. The van der Waals surface area contributed by atoms with Gasteiger partial charge in [-0.25, -0.2) is 8.42 Å². The van der Waals surface area contributed by atoms with Crippen LogP contribution in [-0.2, 0) is 30.6 Å². The second kappa shape index (κ2) is 5.55. The number of rotatable bonds is 4. The first-order valence-electron chi connectivity index (χ1n) is 7.69. The highest BCUT2D eigenvalue weighted by Gasteiger charge is 2.70. The smallest absolute Gasteiger partial charge is 0.250 e. The predicted octanol–water partition coefficient (Wildman–Crippen LogP) is -1.79. The summed E-state index contributed by atoms with van der Waals surface area (Å²) < 4.78 is 23.6. The van der Waals surface area contributed by atoms with Crippen LogP contribution < -0.4 is 10.4 Å². The highest BCUT2D eigenvalue weighted by molar-refractivity contribution is 7.94. The molecule has 25 heavy (non-hydrogen) atoms. The minimum atomic E-state index is -3.99. The molecule has 2 fully saturated rings. The minimum Gasteiger partial charge on any atom is -0.548 e. The molecular weight excluding hydrogens is 348 g/mol. The van der Waals surface area contributed by atoms with Crippen LogP contribution in [0.15, 0.2) is 30.3 Å². The molecule has 8 nitrogen and oxygen atoms in total. The van der Waals surface area contributed by atoms with Gasteiger partial charge in [-0.05, 0) is 19.4 Å². The number of sulfone groups is 1. The van der Waals surface area contributed by atoms with Gasteiger partial charge in [-0.2, -0.15) is 0 Å². The molecular formula is C16H17N2O6S-. The fraction of sp³-hybridized carbons (Fsp3) is 0.438. The van der Waals surface area contributed by atoms with Crippen LogP contribution in [0, 0.1) is 0 Å². The van der Waals surface area contributed by atoms with Crippen molar-refractivity contribution < 1.29 is 27.9 Å². The summed E-state index contributed by atoms with van der Waals surface area (Å²) in [5.74, 6) is -2.86. The number of fused-ring (bicyclic) bond motifs is 1. The van der Waals surface area contributed by atoms with Gasteiger partial charge in [0.25, 0.3) is 0 Å². The summed E-state index contributed by atoms with van der Waals surface area (Å²) in [7, 11) is -3.99. The minimum absolute atomic E-state index is 0.00923. The molecule has 0 bridgehead atoms. The van der Waals surface area contributed by atoms with Gasteiger partial charge in [0.2, 0.25) is 11.8 Å². The maximum Gasteiger partial charge on any atom is 0.250 e. The lowest BCUT2D eigenvalue weighted by Crippen LogP contribution is -2.72. The molecule has 0 unspecified atom stereocenters. The molecule has 2 amide bonds. The third-order valence-electron chi connectivity index (χ3n) is 4.82. The van der Waals surface area contributed by atoms with Crippen molar-refractivity contribution >= 4 is 27.6 Å². The Balaban J connectivity index is 1.81. The molecule has 1 aromatic carbocycles. The van der Waals surface area contributed by atoms with Crippen LogP contribution in [0.3, 0.4) is 0 Å². The Labute approximate surface area is 144 Å². The van der Waals surface area contributed by atoms with E-state index in [1.54, 1.807) is 30.3 Å². The van der Waals surface area contributed by atoms with Gasteiger partial charge in [0.1, 0.15) is 6.04 Å². The molecule has 134 valence electrons. The number of hydrogen-bond acceptors (Lipinski definition) is 6. The van der Waals surface area contributed by atoms with E-state index in [0.717, 1.165) is 4.90 Å². The average Bonchev–Trinajstić information content (AvgIpc) is 2.67. The molecule has 3 rings (SSSR count). The van der Waals surface area contributed by atoms with Crippen LogP contribution in [0.2, 0.25) is 0 Å². The maximum atomic E-state index is 12.7. The lowest BCUT2D eigenvalue weighted by atomic mass is 9.96. The predicted molar refractivity (Wildman–Crippen MR) is 84.5 cm³/mol. The lowest BCUT2D eigenvalue weighted by Gasteiger charge is -2.44. The largest absolute Gasteiger partial charge is 0.548 e. The first-order valence-corrected chi connectivity index (χ1v) is 9.23. The van der Waals surface area contributed by atoms with Crippen LogP contribution in [-0.4, -0.2) is 53.3 Å². The van der Waals surface area contributed by atoms with Crippen LogP contribution in [0.4, 0.5) is 0 Å². The zero-order valence-corrected chi connectivity index (χ0v) is 14.4. The van der Waals surface area contributed by atoms with Gasteiger partial charge in [-0.3, -0.25) is 9.59 Å². The molecule has 3 atom stereocenters. The molecule has 0 radical (unpaired) electrons. The van der Waals surface area contributed by atoms with E-state index < -0.39 is 49.8 Å². The Bertz CT molecular complexity index is 849. The second-order valence-electron chi connectivity index (χ2n) is 6.71. The fourth-order valence-corrected chi connectivity index (χ4v) is 5.64. The Morgan fingerprint density at radius 3 is 2.40 bits per heavy atom. The van der Waals surface area contributed by atoms with Crippen LogP contribution >= 0.6 is 0 Å². The van der Waals surface area contributed by atoms with Crippen molar-refractivity contribution in [3.8, 4) is 0 Å². The molecule has 1 aromatic rings. The molecule has 1 N–H and O–H groups in total. The van der Waals surface area contributed by atoms with Crippen molar-refractivity contribution in [2.75, 3.05) is 0 Å². The van der Waals surface area contributed by atoms with Crippen LogP contribution in [0.5, 0.6) is 0 Å². The number of carbonyl (C=O) groups is 3. The molecule has 0 aliphatic carbocycles. The topological polar surface area (TPSA) is 124 Å². The molecule has 0 saturated carbocycles. The molecule has 2 saturated heterocycles. The summed E-state index contributed by atoms with van der Waals surface area (Å²) >= 11 is 0. The molecule has 2 heterocycles. The first kappa shape index (κ1) is 17.4. The normalized spacial score (nSPS) is 28.8. The number of nitrogens with zero attached hydrogens (tertiary/aromatic N) is 1. The Hall–Kier alpha value is -2.42. The number of amides is 2. The summed E-state index contributed by atoms with van der Waals surface area (Å²) in [6.07, 6.45) is -0.00923. The standard InChI is InChI=1S/C16H18N2O6S/c1-16(2)12(15(21)22)18-13(20)11(14(18)25(16,23)24)17-10(19)8-9-6-4-3-5-7-9/h3-7,11-12,14H,8H2,1-2H3,(H,17,19)(H,21,22)/p-1/t11-,12+,14+/m0/s1. The number of carboxylic acid groups (broad SMARTS) is 1. The third kappa shape index (κ3) is 2.41. The number of nitrogens with one attached hydrogen (secondary N) is 1. The van der Waals surface area contributed by atoms with Gasteiger partial charge < -0.3 is 20.1 Å². The zero-order valence-electron chi connectivity index (χ0n) is 13.6. The van der Waals surface area contributed by atoms with Gasteiger partial charge in [0, 0.05) is 0 Å². The van der Waals surface area contributed by atoms with Crippen LogP contribution in [0.1, 0.15) is 19.4 Å².